The number of hydrogen-bond donors (Lipinski definition) is 1. The molecule has 0 aliphatic carbocycles. The third-order valence-electron chi connectivity index (χ3n) is 3.04. The highest BCUT2D eigenvalue weighted by molar-refractivity contribution is 5.45. The van der Waals surface area contributed by atoms with Crippen molar-refractivity contribution in [2.75, 3.05) is 0 Å². The second-order valence-electron chi connectivity index (χ2n) is 4.80. The molecule has 2 atom stereocenters. The molecule has 0 bridgehead atoms. The van der Waals surface area contributed by atoms with Gasteiger partial charge in [0.15, 0.2) is 0 Å². The van der Waals surface area contributed by atoms with Crippen LogP contribution in [0.2, 0.25) is 0 Å². The molecule has 1 rings (SSSR count). The summed E-state index contributed by atoms with van der Waals surface area (Å²) in [6.45, 7) is 7.53. The first kappa shape index (κ1) is 13.6. The lowest BCUT2D eigenvalue weighted by Gasteiger charge is -2.14. The van der Waals surface area contributed by atoms with Gasteiger partial charge in [-0.25, -0.2) is 0 Å². The van der Waals surface area contributed by atoms with E-state index in [0.29, 0.717) is 11.4 Å². The Bertz CT molecular complexity index is 423. The van der Waals surface area contributed by atoms with Crippen LogP contribution in [0.4, 0.5) is 5.69 Å². The molecule has 1 heterocycles. The van der Waals surface area contributed by atoms with Crippen LogP contribution in [0.15, 0.2) is 0 Å². The Morgan fingerprint density at radius 3 is 2.24 bits per heavy atom. The Kier molecular flexibility index (Phi) is 3.87. The van der Waals surface area contributed by atoms with E-state index in [1.807, 2.05) is 27.7 Å². The molecule has 0 aliphatic heterocycles. The van der Waals surface area contributed by atoms with Crippen LogP contribution in [0.3, 0.4) is 0 Å². The molecule has 1 aromatic rings. The summed E-state index contributed by atoms with van der Waals surface area (Å²) in [4.78, 5) is 10.8. The Labute approximate surface area is 101 Å². The molecule has 6 nitrogen and oxygen atoms in total. The van der Waals surface area contributed by atoms with Crippen LogP contribution < -0.4 is 5.73 Å². The van der Waals surface area contributed by atoms with Crippen LogP contribution in [0.25, 0.3) is 0 Å². The van der Waals surface area contributed by atoms with E-state index in [-0.39, 0.29) is 28.5 Å². The molecular weight excluding hydrogens is 220 g/mol. The lowest BCUT2D eigenvalue weighted by Crippen LogP contribution is -2.24. The van der Waals surface area contributed by atoms with Crippen molar-refractivity contribution in [3.63, 3.8) is 0 Å². The fraction of sp³-hybridized carbons (Fsp3) is 0.727. The van der Waals surface area contributed by atoms with Gasteiger partial charge >= 0.3 is 5.69 Å². The van der Waals surface area contributed by atoms with E-state index < -0.39 is 0 Å². The van der Waals surface area contributed by atoms with Crippen LogP contribution in [-0.4, -0.2) is 20.7 Å². The molecule has 0 aromatic carbocycles. The highest BCUT2D eigenvalue weighted by atomic mass is 16.6. The van der Waals surface area contributed by atoms with Crippen molar-refractivity contribution >= 4 is 5.69 Å². The number of aryl methyl sites for hydroxylation is 1. The summed E-state index contributed by atoms with van der Waals surface area (Å²) in [7, 11) is 1.73. The van der Waals surface area contributed by atoms with Gasteiger partial charge in [-0.2, -0.15) is 5.10 Å². The minimum Gasteiger partial charge on any atom is -0.327 e. The van der Waals surface area contributed by atoms with Crippen LogP contribution in [0.1, 0.15) is 50.9 Å². The van der Waals surface area contributed by atoms with Gasteiger partial charge < -0.3 is 5.73 Å². The minimum absolute atomic E-state index is 0.0237. The van der Waals surface area contributed by atoms with E-state index in [2.05, 4.69) is 5.10 Å². The molecule has 2 unspecified atom stereocenters. The van der Waals surface area contributed by atoms with Gasteiger partial charge in [0.05, 0.1) is 4.92 Å². The van der Waals surface area contributed by atoms with Gasteiger partial charge in [-0.1, -0.05) is 20.8 Å². The van der Waals surface area contributed by atoms with Gasteiger partial charge in [-0.3, -0.25) is 14.8 Å². The van der Waals surface area contributed by atoms with Crippen LogP contribution in [-0.2, 0) is 7.05 Å². The van der Waals surface area contributed by atoms with Gasteiger partial charge in [-0.05, 0) is 6.92 Å². The summed E-state index contributed by atoms with van der Waals surface area (Å²) in [6.07, 6.45) is 0. The number of rotatable bonds is 4. The van der Waals surface area contributed by atoms with Crippen LogP contribution >= 0.6 is 0 Å². The van der Waals surface area contributed by atoms with Gasteiger partial charge in [0.1, 0.15) is 11.4 Å². The maximum atomic E-state index is 11.2. The molecule has 0 aliphatic rings. The molecule has 0 radical (unpaired) electrons. The van der Waals surface area contributed by atoms with E-state index in [1.54, 1.807) is 11.7 Å². The fourth-order valence-electron chi connectivity index (χ4n) is 1.88. The van der Waals surface area contributed by atoms with E-state index >= 15 is 0 Å². The normalized spacial score (nSPS) is 15.0. The lowest BCUT2D eigenvalue weighted by molar-refractivity contribution is -0.386. The first-order chi connectivity index (χ1) is 7.77. The molecule has 2 N–H and O–H groups in total. The number of hydrogen-bond acceptors (Lipinski definition) is 4. The third-order valence-corrected chi connectivity index (χ3v) is 3.04. The summed E-state index contributed by atoms with van der Waals surface area (Å²) in [5, 5.41) is 15.5. The zero-order valence-electron chi connectivity index (χ0n) is 11.0. The smallest absolute Gasteiger partial charge is 0.313 e. The molecule has 17 heavy (non-hydrogen) atoms. The fourth-order valence-corrected chi connectivity index (χ4v) is 1.88. The highest BCUT2D eigenvalue weighted by Crippen LogP contribution is 2.34. The maximum absolute atomic E-state index is 11.2. The number of aromatic nitrogens is 2. The van der Waals surface area contributed by atoms with Crippen molar-refractivity contribution < 1.29 is 4.92 Å². The quantitative estimate of drug-likeness (QED) is 0.643. The lowest BCUT2D eigenvalue weighted by atomic mass is 9.97. The minimum atomic E-state index is -0.351. The second-order valence-corrected chi connectivity index (χ2v) is 4.80. The zero-order chi connectivity index (χ0) is 13.3. The number of nitro groups is 1. The molecule has 6 heteroatoms. The Hall–Kier alpha value is -1.43. The highest BCUT2D eigenvalue weighted by Gasteiger charge is 2.32. The summed E-state index contributed by atoms with van der Waals surface area (Å²) in [5.41, 5.74) is 7.08. The van der Waals surface area contributed by atoms with Crippen molar-refractivity contribution in [3.8, 4) is 0 Å². The predicted molar refractivity (Wildman–Crippen MR) is 66.0 cm³/mol. The Balaban J connectivity index is 3.43. The van der Waals surface area contributed by atoms with Crippen molar-refractivity contribution in [1.29, 1.82) is 0 Å². The van der Waals surface area contributed by atoms with Gasteiger partial charge in [0.2, 0.25) is 0 Å². The maximum Gasteiger partial charge on any atom is 0.313 e. The Morgan fingerprint density at radius 2 is 1.88 bits per heavy atom. The second kappa shape index (κ2) is 4.83. The van der Waals surface area contributed by atoms with E-state index in [4.69, 9.17) is 5.73 Å². The predicted octanol–water partition coefficient (Wildman–Crippen LogP) is 1.90. The van der Waals surface area contributed by atoms with E-state index in [1.165, 1.54) is 0 Å². The zero-order valence-corrected chi connectivity index (χ0v) is 11.0. The van der Waals surface area contributed by atoms with Crippen molar-refractivity contribution in [3.05, 3.63) is 21.5 Å². The Morgan fingerprint density at radius 1 is 1.35 bits per heavy atom. The molecule has 1 aromatic heterocycles. The van der Waals surface area contributed by atoms with Crippen LogP contribution in [0.5, 0.6) is 0 Å². The summed E-state index contributed by atoms with van der Waals surface area (Å²) in [5.74, 6) is -0.0731. The van der Waals surface area contributed by atoms with E-state index in [9.17, 15) is 10.1 Å². The van der Waals surface area contributed by atoms with Gasteiger partial charge in [0, 0.05) is 24.9 Å². The summed E-state index contributed by atoms with van der Waals surface area (Å²) in [6, 6.07) is -0.149. The molecule has 0 spiro atoms. The van der Waals surface area contributed by atoms with E-state index in [0.717, 1.165) is 0 Å². The summed E-state index contributed by atoms with van der Waals surface area (Å²) < 4.78 is 1.58. The molecular formula is C11H20N4O2. The third kappa shape index (κ3) is 2.46. The van der Waals surface area contributed by atoms with Crippen molar-refractivity contribution in [1.82, 2.24) is 9.78 Å². The SMILES string of the molecule is CC(C)c1nn(C)c(C(C)C(C)N)c1[N+](=O)[O-]. The van der Waals surface area contributed by atoms with Gasteiger partial charge in [0.25, 0.3) is 0 Å². The molecule has 96 valence electrons. The first-order valence-electron chi connectivity index (χ1n) is 5.74. The number of nitrogens with two attached hydrogens (primary N) is 1. The van der Waals surface area contributed by atoms with Crippen molar-refractivity contribution in [2.45, 2.75) is 45.6 Å². The number of nitrogens with zero attached hydrogens (tertiary/aromatic N) is 3. The standard InChI is InChI=1S/C11H20N4O2/c1-6(2)9-11(15(16)17)10(14(5)13-9)7(3)8(4)12/h6-8H,12H2,1-5H3. The molecule has 0 saturated heterocycles. The molecule has 0 fully saturated rings. The summed E-state index contributed by atoms with van der Waals surface area (Å²) >= 11 is 0. The largest absolute Gasteiger partial charge is 0.327 e. The molecule has 0 amide bonds. The molecule has 0 saturated carbocycles. The van der Waals surface area contributed by atoms with Crippen LogP contribution in [0, 0.1) is 10.1 Å². The van der Waals surface area contributed by atoms with Crippen molar-refractivity contribution in [2.24, 2.45) is 12.8 Å². The average Bonchev–Trinajstić information content (AvgIpc) is 2.54. The average molecular weight is 240 g/mol. The van der Waals surface area contributed by atoms with Gasteiger partial charge in [-0.15, -0.1) is 0 Å². The topological polar surface area (TPSA) is 87.0 Å². The first-order valence-corrected chi connectivity index (χ1v) is 5.74. The monoisotopic (exact) mass is 240 g/mol.